The maximum Gasteiger partial charge on any atom is 0.259 e. The molecule has 134 valence electrons. The lowest BCUT2D eigenvalue weighted by Gasteiger charge is -2.12. The molecule has 0 bridgehead atoms. The third-order valence-corrected chi connectivity index (χ3v) is 4.46. The molecule has 2 N–H and O–H groups in total. The Hall–Kier alpha value is -3.31. The number of carbonyl (C=O) groups excluding carboxylic acids is 1. The number of para-hydroxylation sites is 3. The minimum Gasteiger partial charge on any atom is -0.496 e. The maximum atomic E-state index is 12.8. The fourth-order valence-electron chi connectivity index (χ4n) is 2.93. The van der Waals surface area contributed by atoms with Crippen molar-refractivity contribution < 1.29 is 9.53 Å². The van der Waals surface area contributed by atoms with Gasteiger partial charge in [0.05, 0.1) is 29.4 Å². The number of nitrogens with zero attached hydrogens (tertiary/aromatic N) is 1. The first-order chi connectivity index (χ1) is 13.2. The standard InChI is InChI=1S/C21H16ClN3O2/c1-27-19-11-10-13(22)12-15(19)21(26)25-16-7-3-2-6-14(16)20-23-17-8-4-5-9-18(17)24-20/h2-12H,1H3,(H,23,24)(H,25,26). The van der Waals surface area contributed by atoms with Crippen molar-refractivity contribution >= 4 is 34.2 Å². The number of H-pyrrole nitrogens is 1. The highest BCUT2D eigenvalue weighted by Crippen LogP contribution is 2.29. The molecule has 0 atom stereocenters. The van der Waals surface area contributed by atoms with Gasteiger partial charge in [0.25, 0.3) is 5.91 Å². The largest absolute Gasteiger partial charge is 0.496 e. The van der Waals surface area contributed by atoms with E-state index in [9.17, 15) is 4.79 Å². The second-order valence-corrected chi connectivity index (χ2v) is 6.38. The van der Waals surface area contributed by atoms with E-state index >= 15 is 0 Å². The van der Waals surface area contributed by atoms with Crippen LogP contribution >= 0.6 is 11.6 Å². The summed E-state index contributed by atoms with van der Waals surface area (Å²) in [5, 5.41) is 3.40. The summed E-state index contributed by atoms with van der Waals surface area (Å²) in [6, 6.07) is 20.2. The number of imidazole rings is 1. The van der Waals surface area contributed by atoms with Gasteiger partial charge >= 0.3 is 0 Å². The number of benzene rings is 3. The van der Waals surface area contributed by atoms with E-state index in [0.29, 0.717) is 27.8 Å². The third kappa shape index (κ3) is 3.37. The summed E-state index contributed by atoms with van der Waals surface area (Å²) in [7, 11) is 1.52. The van der Waals surface area contributed by atoms with Crippen LogP contribution in [0.4, 0.5) is 5.69 Å². The molecule has 0 fully saturated rings. The van der Waals surface area contributed by atoms with Crippen LogP contribution in [0.5, 0.6) is 5.75 Å². The summed E-state index contributed by atoms with van der Waals surface area (Å²) in [5.41, 5.74) is 3.60. The van der Waals surface area contributed by atoms with Crippen LogP contribution in [0.25, 0.3) is 22.4 Å². The van der Waals surface area contributed by atoms with Gasteiger partial charge in [-0.3, -0.25) is 4.79 Å². The molecule has 1 amide bonds. The predicted molar refractivity (Wildman–Crippen MR) is 107 cm³/mol. The number of aromatic nitrogens is 2. The molecule has 1 heterocycles. The molecule has 0 saturated heterocycles. The lowest BCUT2D eigenvalue weighted by molar-refractivity contribution is 0.102. The molecule has 27 heavy (non-hydrogen) atoms. The van der Waals surface area contributed by atoms with Crippen LogP contribution in [-0.2, 0) is 0 Å². The fourth-order valence-corrected chi connectivity index (χ4v) is 3.10. The number of halogens is 1. The van der Waals surface area contributed by atoms with Crippen LogP contribution in [0.3, 0.4) is 0 Å². The molecule has 1 aromatic heterocycles. The molecule has 0 unspecified atom stereocenters. The smallest absolute Gasteiger partial charge is 0.259 e. The van der Waals surface area contributed by atoms with Crippen LogP contribution in [0, 0.1) is 0 Å². The number of aromatic amines is 1. The summed E-state index contributed by atoms with van der Waals surface area (Å²) in [5.74, 6) is 0.834. The maximum absolute atomic E-state index is 12.8. The number of amides is 1. The van der Waals surface area contributed by atoms with Gasteiger partial charge in [-0.05, 0) is 42.5 Å². The normalized spacial score (nSPS) is 10.7. The van der Waals surface area contributed by atoms with Crippen molar-refractivity contribution in [1.29, 1.82) is 0 Å². The van der Waals surface area contributed by atoms with Crippen LogP contribution in [-0.4, -0.2) is 23.0 Å². The zero-order chi connectivity index (χ0) is 18.8. The number of anilines is 1. The Morgan fingerprint density at radius 3 is 2.67 bits per heavy atom. The van der Waals surface area contributed by atoms with Gasteiger partial charge in [-0.25, -0.2) is 4.98 Å². The Labute approximate surface area is 161 Å². The summed E-state index contributed by atoms with van der Waals surface area (Å²) in [6.07, 6.45) is 0. The second kappa shape index (κ2) is 7.13. The number of hydrogen-bond acceptors (Lipinski definition) is 3. The quantitative estimate of drug-likeness (QED) is 0.517. The molecule has 0 spiro atoms. The monoisotopic (exact) mass is 377 g/mol. The number of fused-ring (bicyclic) bond motifs is 1. The van der Waals surface area contributed by atoms with Gasteiger partial charge in [0, 0.05) is 10.6 Å². The van der Waals surface area contributed by atoms with E-state index in [1.807, 2.05) is 48.5 Å². The minimum atomic E-state index is -0.307. The lowest BCUT2D eigenvalue weighted by atomic mass is 10.1. The van der Waals surface area contributed by atoms with E-state index in [-0.39, 0.29) is 5.91 Å². The van der Waals surface area contributed by atoms with Crippen molar-refractivity contribution in [3.63, 3.8) is 0 Å². The highest BCUT2D eigenvalue weighted by molar-refractivity contribution is 6.31. The zero-order valence-electron chi connectivity index (χ0n) is 14.5. The number of rotatable bonds is 4. The average molecular weight is 378 g/mol. The molecule has 3 aromatic carbocycles. The SMILES string of the molecule is COc1ccc(Cl)cc1C(=O)Nc1ccccc1-c1nc2ccccc2[nH]1. The fraction of sp³-hybridized carbons (Fsp3) is 0.0476. The molecule has 0 saturated carbocycles. The molecule has 4 aromatic rings. The van der Waals surface area contributed by atoms with Crippen LogP contribution in [0.2, 0.25) is 5.02 Å². The molecule has 4 rings (SSSR count). The molecule has 6 heteroatoms. The van der Waals surface area contributed by atoms with Crippen molar-refractivity contribution in [2.24, 2.45) is 0 Å². The highest BCUT2D eigenvalue weighted by Gasteiger charge is 2.16. The average Bonchev–Trinajstić information content (AvgIpc) is 3.12. The summed E-state index contributed by atoms with van der Waals surface area (Å²) < 4.78 is 5.28. The van der Waals surface area contributed by atoms with Crippen molar-refractivity contribution in [1.82, 2.24) is 9.97 Å². The van der Waals surface area contributed by atoms with Crippen LogP contribution in [0.15, 0.2) is 66.7 Å². The van der Waals surface area contributed by atoms with E-state index in [0.717, 1.165) is 16.6 Å². The summed E-state index contributed by atoms with van der Waals surface area (Å²) >= 11 is 6.04. The first-order valence-electron chi connectivity index (χ1n) is 8.35. The van der Waals surface area contributed by atoms with Crippen molar-refractivity contribution in [3.8, 4) is 17.1 Å². The Morgan fingerprint density at radius 2 is 1.85 bits per heavy atom. The van der Waals surface area contributed by atoms with E-state index in [4.69, 9.17) is 16.3 Å². The summed E-state index contributed by atoms with van der Waals surface area (Å²) in [4.78, 5) is 20.7. The Bertz CT molecular complexity index is 1100. The first-order valence-corrected chi connectivity index (χ1v) is 8.72. The number of methoxy groups -OCH3 is 1. The van der Waals surface area contributed by atoms with Crippen molar-refractivity contribution in [3.05, 3.63) is 77.3 Å². The Kier molecular flexibility index (Phi) is 4.52. The van der Waals surface area contributed by atoms with Gasteiger partial charge in [0.15, 0.2) is 0 Å². The number of carbonyl (C=O) groups is 1. The van der Waals surface area contributed by atoms with Gasteiger partial charge in [-0.15, -0.1) is 0 Å². The number of hydrogen-bond donors (Lipinski definition) is 2. The van der Waals surface area contributed by atoms with E-state index in [1.165, 1.54) is 7.11 Å². The molecule has 5 nitrogen and oxygen atoms in total. The van der Waals surface area contributed by atoms with Crippen LogP contribution in [0.1, 0.15) is 10.4 Å². The van der Waals surface area contributed by atoms with Gasteiger partial charge in [0.2, 0.25) is 0 Å². The van der Waals surface area contributed by atoms with Crippen LogP contribution < -0.4 is 10.1 Å². The third-order valence-electron chi connectivity index (χ3n) is 4.23. The Balaban J connectivity index is 1.71. The predicted octanol–water partition coefficient (Wildman–Crippen LogP) is 5.14. The van der Waals surface area contributed by atoms with Crippen molar-refractivity contribution in [2.75, 3.05) is 12.4 Å². The molecular weight excluding hydrogens is 362 g/mol. The number of ether oxygens (including phenoxy) is 1. The summed E-state index contributed by atoms with van der Waals surface area (Å²) in [6.45, 7) is 0. The van der Waals surface area contributed by atoms with Gasteiger partial charge in [0.1, 0.15) is 11.6 Å². The Morgan fingerprint density at radius 1 is 1.07 bits per heavy atom. The van der Waals surface area contributed by atoms with E-state index in [2.05, 4.69) is 15.3 Å². The van der Waals surface area contributed by atoms with Crippen molar-refractivity contribution in [2.45, 2.75) is 0 Å². The van der Waals surface area contributed by atoms with Gasteiger partial charge in [-0.2, -0.15) is 0 Å². The molecular formula is C21H16ClN3O2. The first kappa shape index (κ1) is 17.1. The topological polar surface area (TPSA) is 67.0 Å². The van der Waals surface area contributed by atoms with Gasteiger partial charge < -0.3 is 15.0 Å². The molecule has 0 radical (unpaired) electrons. The van der Waals surface area contributed by atoms with Gasteiger partial charge in [-0.1, -0.05) is 35.9 Å². The second-order valence-electron chi connectivity index (χ2n) is 5.95. The minimum absolute atomic E-state index is 0.307. The molecule has 0 aliphatic rings. The van der Waals surface area contributed by atoms with E-state index in [1.54, 1.807) is 18.2 Å². The highest BCUT2D eigenvalue weighted by atomic mass is 35.5. The van der Waals surface area contributed by atoms with E-state index < -0.39 is 0 Å². The lowest BCUT2D eigenvalue weighted by Crippen LogP contribution is -2.14. The molecule has 0 aliphatic heterocycles. The zero-order valence-corrected chi connectivity index (χ0v) is 15.2. The molecule has 0 aliphatic carbocycles. The number of nitrogens with one attached hydrogen (secondary N) is 2.